The highest BCUT2D eigenvalue weighted by Crippen LogP contribution is 2.10. The lowest BCUT2D eigenvalue weighted by atomic mass is 10.1. The molecule has 0 aromatic carbocycles. The Balaban J connectivity index is 4.28. The lowest BCUT2D eigenvalue weighted by molar-refractivity contribution is -0.155. The van der Waals surface area contributed by atoms with Crippen LogP contribution in [0.2, 0.25) is 0 Å². The first-order chi connectivity index (χ1) is 9.15. The molecule has 0 fully saturated rings. The number of carbonyl (C=O) groups is 3. The Kier molecular flexibility index (Phi) is 7.35. The first-order valence-electron chi connectivity index (χ1n) is 6.14. The van der Waals surface area contributed by atoms with Gasteiger partial charge in [-0.15, -0.1) is 0 Å². The number of nitrogens with one attached hydrogen (secondary N) is 1. The van der Waals surface area contributed by atoms with Crippen molar-refractivity contribution in [3.05, 3.63) is 12.7 Å². The zero-order chi connectivity index (χ0) is 15.8. The van der Waals surface area contributed by atoms with Crippen LogP contribution in [0.15, 0.2) is 12.7 Å². The van der Waals surface area contributed by atoms with Gasteiger partial charge in [-0.2, -0.15) is 0 Å². The van der Waals surface area contributed by atoms with E-state index >= 15 is 0 Å². The third kappa shape index (κ3) is 8.96. The number of hydrogen-bond donors (Lipinski definition) is 2. The number of carbonyl (C=O) groups excluding carboxylic acids is 2. The van der Waals surface area contributed by atoms with Crippen LogP contribution in [0.4, 0.5) is 4.79 Å². The predicted molar refractivity (Wildman–Crippen MR) is 71.2 cm³/mol. The maximum absolute atomic E-state index is 11.5. The van der Waals surface area contributed by atoms with Crippen LogP contribution in [0.25, 0.3) is 0 Å². The van der Waals surface area contributed by atoms with E-state index in [1.54, 1.807) is 20.8 Å². The predicted octanol–water partition coefficient (Wildman–Crippen LogP) is 1.47. The van der Waals surface area contributed by atoms with Crippen LogP contribution in [0.3, 0.4) is 0 Å². The van der Waals surface area contributed by atoms with Crippen molar-refractivity contribution < 1.29 is 29.0 Å². The number of alkyl carbamates (subject to hydrolysis) is 1. The van der Waals surface area contributed by atoms with E-state index in [9.17, 15) is 14.4 Å². The molecule has 0 saturated heterocycles. The number of hydrogen-bond acceptors (Lipinski definition) is 5. The van der Waals surface area contributed by atoms with Crippen LogP contribution in [-0.2, 0) is 19.1 Å². The summed E-state index contributed by atoms with van der Waals surface area (Å²) in [5.74, 6) is -1.77. The van der Waals surface area contributed by atoms with Crippen LogP contribution in [-0.4, -0.2) is 41.4 Å². The highest BCUT2D eigenvalue weighted by molar-refractivity contribution is 5.80. The van der Waals surface area contributed by atoms with Crippen molar-refractivity contribution in [1.29, 1.82) is 0 Å². The minimum absolute atomic E-state index is 0.0236. The molecule has 7 heteroatoms. The SMILES string of the molecule is C=CCOC(=O)N[C@@H](CCC(=O)OC(C)(C)C)C(=O)O. The van der Waals surface area contributed by atoms with Crippen molar-refractivity contribution in [2.75, 3.05) is 6.61 Å². The fourth-order valence-electron chi connectivity index (χ4n) is 1.23. The molecule has 0 saturated carbocycles. The number of esters is 1. The van der Waals surface area contributed by atoms with E-state index in [2.05, 4.69) is 16.6 Å². The van der Waals surface area contributed by atoms with Gasteiger partial charge in [0.2, 0.25) is 0 Å². The second kappa shape index (κ2) is 8.19. The maximum atomic E-state index is 11.5. The number of carboxylic acid groups (broad SMARTS) is 1. The highest BCUT2D eigenvalue weighted by Gasteiger charge is 2.23. The monoisotopic (exact) mass is 287 g/mol. The fourth-order valence-corrected chi connectivity index (χ4v) is 1.23. The van der Waals surface area contributed by atoms with Crippen LogP contribution >= 0.6 is 0 Å². The quantitative estimate of drug-likeness (QED) is 0.543. The summed E-state index contributed by atoms with van der Waals surface area (Å²) in [6.45, 7) is 8.47. The average molecular weight is 287 g/mol. The molecule has 0 aromatic heterocycles. The molecule has 1 amide bonds. The van der Waals surface area contributed by atoms with Gasteiger partial charge in [0.1, 0.15) is 18.2 Å². The summed E-state index contributed by atoms with van der Waals surface area (Å²) in [6.07, 6.45) is 0.293. The molecule has 114 valence electrons. The Morgan fingerprint density at radius 1 is 1.35 bits per heavy atom. The summed E-state index contributed by atoms with van der Waals surface area (Å²) in [7, 11) is 0. The molecule has 0 rings (SSSR count). The summed E-state index contributed by atoms with van der Waals surface area (Å²) < 4.78 is 9.66. The fraction of sp³-hybridized carbons (Fsp3) is 0.615. The van der Waals surface area contributed by atoms with Crippen LogP contribution < -0.4 is 5.32 Å². The molecule has 0 unspecified atom stereocenters. The van der Waals surface area contributed by atoms with Gasteiger partial charge < -0.3 is 19.9 Å². The lowest BCUT2D eigenvalue weighted by Gasteiger charge is -2.20. The van der Waals surface area contributed by atoms with E-state index in [0.717, 1.165) is 0 Å². The van der Waals surface area contributed by atoms with Gasteiger partial charge in [0.15, 0.2) is 0 Å². The molecule has 0 aliphatic carbocycles. The van der Waals surface area contributed by atoms with E-state index in [0.29, 0.717) is 0 Å². The molecule has 0 aromatic rings. The molecule has 0 aliphatic rings. The second-order valence-electron chi connectivity index (χ2n) is 5.05. The molecule has 0 aliphatic heterocycles. The lowest BCUT2D eigenvalue weighted by Crippen LogP contribution is -2.41. The van der Waals surface area contributed by atoms with Gasteiger partial charge in [-0.1, -0.05) is 12.7 Å². The highest BCUT2D eigenvalue weighted by atomic mass is 16.6. The molecule has 0 radical (unpaired) electrons. The maximum Gasteiger partial charge on any atom is 0.408 e. The van der Waals surface area contributed by atoms with Gasteiger partial charge in [-0.25, -0.2) is 9.59 Å². The number of rotatable bonds is 7. The van der Waals surface area contributed by atoms with Gasteiger partial charge in [0.25, 0.3) is 0 Å². The topological polar surface area (TPSA) is 102 Å². The largest absolute Gasteiger partial charge is 0.480 e. The summed E-state index contributed by atoms with van der Waals surface area (Å²) in [4.78, 5) is 33.7. The van der Waals surface area contributed by atoms with E-state index in [-0.39, 0.29) is 19.4 Å². The molecule has 0 bridgehead atoms. The van der Waals surface area contributed by atoms with Crippen molar-refractivity contribution in [3.8, 4) is 0 Å². The Labute approximate surface area is 117 Å². The molecule has 20 heavy (non-hydrogen) atoms. The average Bonchev–Trinajstić information content (AvgIpc) is 2.29. The Morgan fingerprint density at radius 3 is 2.40 bits per heavy atom. The summed E-state index contributed by atoms with van der Waals surface area (Å²) >= 11 is 0. The number of aliphatic carboxylic acids is 1. The molecule has 0 heterocycles. The molecule has 7 nitrogen and oxygen atoms in total. The van der Waals surface area contributed by atoms with E-state index in [1.165, 1.54) is 6.08 Å². The summed E-state index contributed by atoms with van der Waals surface area (Å²) in [5.41, 5.74) is -0.633. The third-order valence-corrected chi connectivity index (χ3v) is 1.98. The van der Waals surface area contributed by atoms with Crippen LogP contribution in [0.5, 0.6) is 0 Å². The van der Waals surface area contributed by atoms with Crippen molar-refractivity contribution in [2.45, 2.75) is 45.3 Å². The van der Waals surface area contributed by atoms with Crippen LogP contribution in [0.1, 0.15) is 33.6 Å². The third-order valence-electron chi connectivity index (χ3n) is 1.98. The van der Waals surface area contributed by atoms with Crippen molar-refractivity contribution in [1.82, 2.24) is 5.32 Å². The van der Waals surface area contributed by atoms with Gasteiger partial charge in [-0.3, -0.25) is 4.79 Å². The second-order valence-corrected chi connectivity index (χ2v) is 5.05. The van der Waals surface area contributed by atoms with Crippen LogP contribution in [0, 0.1) is 0 Å². The zero-order valence-corrected chi connectivity index (χ0v) is 12.0. The summed E-state index contributed by atoms with van der Waals surface area (Å²) in [5, 5.41) is 11.1. The molecular formula is C13H21NO6. The first-order valence-corrected chi connectivity index (χ1v) is 6.14. The number of amides is 1. The minimum atomic E-state index is -1.25. The van der Waals surface area contributed by atoms with Gasteiger partial charge in [0.05, 0.1) is 0 Å². The first kappa shape index (κ1) is 17.9. The standard InChI is InChI=1S/C13H21NO6/c1-5-8-19-12(18)14-9(11(16)17)6-7-10(15)20-13(2,3)4/h5,9H,1,6-8H2,2-4H3,(H,14,18)(H,16,17)/t9-/m0/s1. The number of carboxylic acids is 1. The molecular weight excluding hydrogens is 266 g/mol. The van der Waals surface area contributed by atoms with E-state index in [4.69, 9.17) is 9.84 Å². The molecule has 2 N–H and O–H groups in total. The van der Waals surface area contributed by atoms with Crippen molar-refractivity contribution in [2.24, 2.45) is 0 Å². The minimum Gasteiger partial charge on any atom is -0.480 e. The Hall–Kier alpha value is -2.05. The van der Waals surface area contributed by atoms with Gasteiger partial charge >= 0.3 is 18.0 Å². The van der Waals surface area contributed by atoms with Crippen molar-refractivity contribution >= 4 is 18.0 Å². The molecule has 1 atom stereocenters. The van der Waals surface area contributed by atoms with Crippen molar-refractivity contribution in [3.63, 3.8) is 0 Å². The van der Waals surface area contributed by atoms with Gasteiger partial charge in [-0.05, 0) is 27.2 Å². The van der Waals surface area contributed by atoms with Gasteiger partial charge in [0, 0.05) is 6.42 Å². The van der Waals surface area contributed by atoms with E-state index < -0.39 is 29.7 Å². The Morgan fingerprint density at radius 2 is 1.95 bits per heavy atom. The number of ether oxygens (including phenoxy) is 2. The smallest absolute Gasteiger partial charge is 0.408 e. The Bertz CT molecular complexity index is 372. The molecule has 0 spiro atoms. The van der Waals surface area contributed by atoms with E-state index in [1.807, 2.05) is 0 Å². The zero-order valence-electron chi connectivity index (χ0n) is 12.0. The summed E-state index contributed by atoms with van der Waals surface area (Å²) in [6, 6.07) is -1.21. The normalized spacial score (nSPS) is 12.2.